The minimum atomic E-state index is -0.961. The van der Waals surface area contributed by atoms with Crippen LogP contribution in [0.2, 0.25) is 0 Å². The summed E-state index contributed by atoms with van der Waals surface area (Å²) < 4.78 is 23.1. The fourth-order valence-corrected chi connectivity index (χ4v) is 8.37. The number of rotatable bonds is 14. The summed E-state index contributed by atoms with van der Waals surface area (Å²) in [5, 5.41) is 20.5. The van der Waals surface area contributed by atoms with Crippen LogP contribution in [0.4, 0.5) is 15.3 Å². The van der Waals surface area contributed by atoms with Gasteiger partial charge in [0.05, 0.1) is 24.1 Å². The van der Waals surface area contributed by atoms with Crippen LogP contribution in [-0.4, -0.2) is 110 Å². The van der Waals surface area contributed by atoms with Gasteiger partial charge in [-0.25, -0.2) is 24.4 Å². The molecule has 3 saturated heterocycles. The Morgan fingerprint density at radius 2 is 1.32 bits per heavy atom. The van der Waals surface area contributed by atoms with Crippen molar-refractivity contribution in [3.63, 3.8) is 0 Å². The first-order valence-corrected chi connectivity index (χ1v) is 23.4. The molecule has 8 rings (SSSR count). The van der Waals surface area contributed by atoms with E-state index in [0.29, 0.717) is 86.2 Å². The highest BCUT2D eigenvalue weighted by atomic mass is 16.6. The van der Waals surface area contributed by atoms with E-state index in [-0.39, 0.29) is 23.5 Å². The second kappa shape index (κ2) is 24.0. The number of nitrogens with zero attached hydrogens (tertiary/aromatic N) is 5. The monoisotopic (exact) mass is 928 g/mol. The molecule has 0 radical (unpaired) electrons. The van der Waals surface area contributed by atoms with Crippen LogP contribution in [0.5, 0.6) is 29.0 Å². The molecule has 3 fully saturated rings. The highest BCUT2D eigenvalue weighted by Crippen LogP contribution is 2.27. The first-order chi connectivity index (χ1) is 33.0. The first kappa shape index (κ1) is 48.7. The number of pyridine rings is 2. The van der Waals surface area contributed by atoms with Gasteiger partial charge in [0.1, 0.15) is 23.4 Å². The first-order valence-electron chi connectivity index (χ1n) is 23.4. The summed E-state index contributed by atoms with van der Waals surface area (Å²) in [7, 11) is 0. The molecular formula is C52H60N6O10. The molecule has 3 N–H and O–H groups in total. The summed E-state index contributed by atoms with van der Waals surface area (Å²) in [6, 6.07) is 29.2. The Bertz CT molecular complexity index is 2400. The summed E-state index contributed by atoms with van der Waals surface area (Å²) in [4.78, 5) is 61.3. The molecule has 0 bridgehead atoms. The minimum absolute atomic E-state index is 0.0140. The number of carbonyl (C=O) groups excluding carboxylic acids is 2. The highest BCUT2D eigenvalue weighted by Gasteiger charge is 2.26. The number of anilines is 1. The summed E-state index contributed by atoms with van der Waals surface area (Å²) in [5.74, 6) is 1.93. The number of hydrogen-bond acceptors (Lipinski definition) is 11. The van der Waals surface area contributed by atoms with Crippen LogP contribution in [0.25, 0.3) is 0 Å². The molecule has 0 saturated carbocycles. The Hall–Kier alpha value is -7.20. The lowest BCUT2D eigenvalue weighted by atomic mass is 9.98. The molecule has 358 valence electrons. The van der Waals surface area contributed by atoms with Gasteiger partial charge in [0.25, 0.3) is 5.91 Å². The number of piperidine rings is 3. The summed E-state index contributed by atoms with van der Waals surface area (Å²) >= 11 is 0. The van der Waals surface area contributed by atoms with Gasteiger partial charge in [-0.2, -0.15) is 0 Å². The van der Waals surface area contributed by atoms with Crippen molar-refractivity contribution in [2.24, 2.45) is 5.92 Å². The van der Waals surface area contributed by atoms with E-state index in [1.807, 2.05) is 67.6 Å². The van der Waals surface area contributed by atoms with E-state index in [9.17, 15) is 19.2 Å². The molecule has 5 aromatic rings. The number of carbonyl (C=O) groups is 4. The Balaban J connectivity index is 0.000000286. The van der Waals surface area contributed by atoms with Crippen molar-refractivity contribution >= 4 is 29.8 Å². The zero-order valence-electron chi connectivity index (χ0n) is 38.6. The number of hydrogen-bond donors (Lipinski definition) is 3. The SMILES string of the molecule is CCC1CCCCN1Cc1ccc(C(=O)Nc2ccc(OC(=O)N3CCC(Oc4ccc(Oc5ccc(C)cn5)cc4)CC3)nc2)cc1.O=C(O)c1ccc(OCC2CCN(C(=O)O)CC2)cc1. The number of nitrogens with one attached hydrogen (secondary N) is 1. The average Bonchev–Trinajstić information content (AvgIpc) is 3.36. The predicted octanol–water partition coefficient (Wildman–Crippen LogP) is 9.79. The molecule has 3 amide bonds. The fraction of sp³-hybridized carbons (Fsp3) is 0.385. The molecule has 1 atom stereocenters. The molecule has 0 aliphatic carbocycles. The number of aromatic nitrogens is 2. The second-order valence-corrected chi connectivity index (χ2v) is 17.3. The number of carboxylic acid groups (broad SMARTS) is 2. The quantitative estimate of drug-likeness (QED) is 0.0954. The highest BCUT2D eigenvalue weighted by molar-refractivity contribution is 6.04. The normalized spacial score (nSPS) is 16.7. The Labute approximate surface area is 396 Å². The van der Waals surface area contributed by atoms with Crippen LogP contribution in [0.1, 0.15) is 90.1 Å². The van der Waals surface area contributed by atoms with Crippen molar-refractivity contribution in [2.45, 2.75) is 83.9 Å². The lowest BCUT2D eigenvalue weighted by molar-refractivity contribution is 0.0696. The van der Waals surface area contributed by atoms with Crippen LogP contribution >= 0.6 is 0 Å². The van der Waals surface area contributed by atoms with E-state index >= 15 is 0 Å². The lowest BCUT2D eigenvalue weighted by Crippen LogP contribution is -2.43. The van der Waals surface area contributed by atoms with Gasteiger partial charge in [-0.05, 0) is 129 Å². The van der Waals surface area contributed by atoms with Gasteiger partial charge in [-0.15, -0.1) is 0 Å². The number of carboxylic acids is 1. The molecule has 3 aliphatic heterocycles. The van der Waals surface area contributed by atoms with Gasteiger partial charge in [-0.1, -0.05) is 31.5 Å². The van der Waals surface area contributed by atoms with E-state index in [4.69, 9.17) is 29.2 Å². The molecule has 16 nitrogen and oxygen atoms in total. The van der Waals surface area contributed by atoms with E-state index in [1.165, 1.54) is 54.5 Å². The predicted molar refractivity (Wildman–Crippen MR) is 255 cm³/mol. The summed E-state index contributed by atoms with van der Waals surface area (Å²) in [6.45, 7) is 8.91. The van der Waals surface area contributed by atoms with Crippen molar-refractivity contribution in [3.05, 3.63) is 132 Å². The van der Waals surface area contributed by atoms with Crippen molar-refractivity contribution < 1.29 is 48.3 Å². The average molecular weight is 929 g/mol. The minimum Gasteiger partial charge on any atom is -0.493 e. The van der Waals surface area contributed by atoms with Gasteiger partial charge in [0.15, 0.2) is 0 Å². The topological polar surface area (TPSA) is 193 Å². The van der Waals surface area contributed by atoms with Crippen molar-refractivity contribution in [1.29, 1.82) is 0 Å². The van der Waals surface area contributed by atoms with Gasteiger partial charge >= 0.3 is 18.2 Å². The standard InChI is InChI=1S/C38H43N5O5.C14H17NO5/c1-3-31-6-4-5-21-43(31)26-28-8-10-29(11-9-28)37(44)41-30-12-18-36(40-25-30)48-38(45)42-22-19-34(20-23-42)46-32-13-15-33(16-14-32)47-35-17-7-27(2)24-39-35;16-13(17)11-1-3-12(4-2-11)20-9-10-5-7-15(8-6-10)14(18)19/h7-18,24-25,31,34H,3-6,19-23,26H2,1-2H3,(H,41,44);1-4,10H,5-9H2,(H,16,17)(H,18,19). The maximum Gasteiger partial charge on any atom is 0.416 e. The molecule has 16 heteroatoms. The third-order valence-corrected chi connectivity index (χ3v) is 12.4. The number of ether oxygens (including phenoxy) is 4. The van der Waals surface area contributed by atoms with Crippen LogP contribution in [0.3, 0.4) is 0 Å². The lowest BCUT2D eigenvalue weighted by Gasteiger charge is -2.35. The second-order valence-electron chi connectivity index (χ2n) is 17.3. The molecule has 5 heterocycles. The third-order valence-electron chi connectivity index (χ3n) is 12.4. The van der Waals surface area contributed by atoms with E-state index in [0.717, 1.165) is 37.2 Å². The maximum atomic E-state index is 12.9. The Kier molecular flexibility index (Phi) is 17.2. The number of aromatic carboxylic acids is 1. The summed E-state index contributed by atoms with van der Waals surface area (Å²) in [6.07, 6.45) is 9.84. The zero-order chi connectivity index (χ0) is 47.8. The van der Waals surface area contributed by atoms with E-state index in [1.54, 1.807) is 35.4 Å². The number of amides is 3. The fourth-order valence-electron chi connectivity index (χ4n) is 8.37. The number of benzene rings is 3. The smallest absolute Gasteiger partial charge is 0.416 e. The third kappa shape index (κ3) is 14.4. The molecule has 68 heavy (non-hydrogen) atoms. The van der Waals surface area contributed by atoms with Crippen molar-refractivity contribution in [3.8, 4) is 29.0 Å². The molecular weight excluding hydrogens is 869 g/mol. The molecule has 2 aromatic heterocycles. The van der Waals surface area contributed by atoms with E-state index < -0.39 is 18.2 Å². The number of likely N-dealkylation sites (tertiary alicyclic amines) is 3. The molecule has 0 spiro atoms. The van der Waals surface area contributed by atoms with Gasteiger partial charge in [0.2, 0.25) is 11.8 Å². The van der Waals surface area contributed by atoms with Crippen molar-refractivity contribution in [1.82, 2.24) is 24.7 Å². The van der Waals surface area contributed by atoms with Gasteiger partial charge in [-0.3, -0.25) is 9.69 Å². The van der Waals surface area contributed by atoms with Crippen LogP contribution < -0.4 is 24.3 Å². The van der Waals surface area contributed by atoms with Crippen LogP contribution in [-0.2, 0) is 6.54 Å². The van der Waals surface area contributed by atoms with Crippen molar-refractivity contribution in [2.75, 3.05) is 44.6 Å². The van der Waals surface area contributed by atoms with Gasteiger partial charge in [0, 0.05) is 75.5 Å². The zero-order valence-corrected chi connectivity index (χ0v) is 38.6. The summed E-state index contributed by atoms with van der Waals surface area (Å²) in [5.41, 5.74) is 3.61. The molecule has 3 aliphatic rings. The molecule has 1 unspecified atom stereocenters. The van der Waals surface area contributed by atoms with Crippen LogP contribution in [0, 0.1) is 12.8 Å². The van der Waals surface area contributed by atoms with E-state index in [2.05, 4.69) is 27.1 Å². The van der Waals surface area contributed by atoms with Crippen LogP contribution in [0.15, 0.2) is 109 Å². The Morgan fingerprint density at radius 1 is 0.676 bits per heavy atom. The van der Waals surface area contributed by atoms with Gasteiger partial charge < -0.3 is 44.3 Å². The molecule has 3 aromatic carbocycles. The largest absolute Gasteiger partial charge is 0.493 e. The Morgan fingerprint density at radius 3 is 1.96 bits per heavy atom. The number of aryl methyl sites for hydroxylation is 1. The maximum absolute atomic E-state index is 12.9.